The average Bonchev–Trinajstić information content (AvgIpc) is 2.41. The summed E-state index contributed by atoms with van der Waals surface area (Å²) in [5, 5.41) is 0. The maximum absolute atomic E-state index is 13.3. The third-order valence-corrected chi connectivity index (χ3v) is 4.08. The van der Waals surface area contributed by atoms with Gasteiger partial charge in [0.2, 0.25) is 0 Å². The van der Waals surface area contributed by atoms with Crippen molar-refractivity contribution < 1.29 is 17.4 Å². The minimum Gasteiger partial charge on any atom is -0.326 e. The molecule has 0 aliphatic rings. The molecule has 1 atom stereocenters. The van der Waals surface area contributed by atoms with Crippen LogP contribution in [0, 0.1) is 17.5 Å². The summed E-state index contributed by atoms with van der Waals surface area (Å²) in [4.78, 5) is 0.155. The van der Waals surface area contributed by atoms with E-state index in [1.807, 2.05) is 0 Å². The van der Waals surface area contributed by atoms with Crippen LogP contribution in [-0.2, 0) is 23.1 Å². The molecule has 0 radical (unpaired) electrons. The van der Waals surface area contributed by atoms with Gasteiger partial charge in [-0.2, -0.15) is 0 Å². The highest BCUT2D eigenvalue weighted by atomic mass is 32.2. The van der Waals surface area contributed by atoms with Crippen molar-refractivity contribution in [3.8, 4) is 0 Å². The van der Waals surface area contributed by atoms with Crippen LogP contribution < -0.4 is 5.73 Å². The van der Waals surface area contributed by atoms with Crippen molar-refractivity contribution in [2.75, 3.05) is 0 Å². The largest absolute Gasteiger partial charge is 0.326 e. The highest BCUT2D eigenvalue weighted by molar-refractivity contribution is 7.84. The summed E-state index contributed by atoms with van der Waals surface area (Å²) in [6.45, 7) is 0.169. The number of hydrogen-bond acceptors (Lipinski definition) is 2. The van der Waals surface area contributed by atoms with Crippen LogP contribution in [0.4, 0.5) is 13.2 Å². The summed E-state index contributed by atoms with van der Waals surface area (Å²) in [5.41, 5.74) is 6.51. The van der Waals surface area contributed by atoms with Gasteiger partial charge in [0.1, 0.15) is 5.82 Å². The minimum absolute atomic E-state index is 0.00975. The van der Waals surface area contributed by atoms with Crippen molar-refractivity contribution in [3.63, 3.8) is 0 Å². The summed E-state index contributed by atoms with van der Waals surface area (Å²) >= 11 is 0. The van der Waals surface area contributed by atoms with Gasteiger partial charge >= 0.3 is 0 Å². The maximum atomic E-state index is 13.3. The quantitative estimate of drug-likeness (QED) is 0.943. The molecular formula is C14H12F3NOS. The van der Waals surface area contributed by atoms with Gasteiger partial charge in [-0.15, -0.1) is 0 Å². The Morgan fingerprint density at radius 3 is 2.30 bits per heavy atom. The molecule has 0 amide bonds. The zero-order valence-corrected chi connectivity index (χ0v) is 11.2. The van der Waals surface area contributed by atoms with Gasteiger partial charge in [0.05, 0.1) is 16.6 Å². The summed E-state index contributed by atoms with van der Waals surface area (Å²) < 4.78 is 51.3. The Morgan fingerprint density at radius 2 is 1.65 bits per heavy atom. The van der Waals surface area contributed by atoms with Crippen LogP contribution >= 0.6 is 0 Å². The van der Waals surface area contributed by atoms with E-state index in [1.165, 1.54) is 18.2 Å². The van der Waals surface area contributed by atoms with E-state index in [1.54, 1.807) is 6.07 Å². The fourth-order valence-electron chi connectivity index (χ4n) is 1.77. The molecule has 1 unspecified atom stereocenters. The van der Waals surface area contributed by atoms with E-state index in [0.717, 1.165) is 12.1 Å². The molecule has 0 fully saturated rings. The van der Waals surface area contributed by atoms with Crippen LogP contribution in [0.25, 0.3) is 0 Å². The molecule has 0 spiro atoms. The summed E-state index contributed by atoms with van der Waals surface area (Å²) in [6.07, 6.45) is 0. The first-order valence-corrected chi connectivity index (χ1v) is 7.13. The Bertz CT molecular complexity index is 661. The molecule has 2 rings (SSSR count). The van der Waals surface area contributed by atoms with E-state index in [2.05, 4.69) is 0 Å². The van der Waals surface area contributed by atoms with E-state index in [9.17, 15) is 17.4 Å². The first-order valence-electron chi connectivity index (χ1n) is 5.81. The second-order valence-electron chi connectivity index (χ2n) is 4.24. The molecule has 0 aliphatic heterocycles. The highest BCUT2D eigenvalue weighted by Crippen LogP contribution is 2.17. The fraction of sp³-hybridized carbons (Fsp3) is 0.143. The second-order valence-corrected chi connectivity index (χ2v) is 5.69. The smallest absolute Gasteiger partial charge is 0.160 e. The van der Waals surface area contributed by atoms with Crippen molar-refractivity contribution in [1.82, 2.24) is 0 Å². The molecule has 0 saturated carbocycles. The van der Waals surface area contributed by atoms with Gasteiger partial charge in [-0.25, -0.2) is 13.2 Å². The van der Waals surface area contributed by atoms with Gasteiger partial charge in [-0.1, -0.05) is 6.07 Å². The zero-order valence-electron chi connectivity index (χ0n) is 10.4. The lowest BCUT2D eigenvalue weighted by atomic mass is 10.1. The lowest BCUT2D eigenvalue weighted by Gasteiger charge is -2.06. The van der Waals surface area contributed by atoms with Crippen molar-refractivity contribution in [2.45, 2.75) is 17.2 Å². The summed E-state index contributed by atoms with van der Waals surface area (Å²) in [6, 6.07) is 7.23. The molecule has 0 aromatic heterocycles. The molecule has 2 aromatic rings. The van der Waals surface area contributed by atoms with Crippen LogP contribution in [0.5, 0.6) is 0 Å². The number of hydrogen-bond donors (Lipinski definition) is 1. The average molecular weight is 299 g/mol. The molecule has 0 bridgehead atoms. The van der Waals surface area contributed by atoms with Gasteiger partial charge in [0.25, 0.3) is 0 Å². The highest BCUT2D eigenvalue weighted by Gasteiger charge is 2.10. The molecule has 106 valence electrons. The molecule has 0 heterocycles. The topological polar surface area (TPSA) is 43.1 Å². The number of benzene rings is 2. The minimum atomic E-state index is -1.59. The molecule has 20 heavy (non-hydrogen) atoms. The Kier molecular flexibility index (Phi) is 4.57. The van der Waals surface area contributed by atoms with Gasteiger partial charge in [-0.3, -0.25) is 4.21 Å². The molecule has 0 aliphatic carbocycles. The first-order chi connectivity index (χ1) is 9.49. The van der Waals surface area contributed by atoms with Crippen molar-refractivity contribution in [2.24, 2.45) is 5.73 Å². The van der Waals surface area contributed by atoms with Gasteiger partial charge in [0, 0.05) is 11.4 Å². The van der Waals surface area contributed by atoms with Gasteiger partial charge in [0.15, 0.2) is 11.6 Å². The van der Waals surface area contributed by atoms with E-state index < -0.39 is 28.3 Å². The van der Waals surface area contributed by atoms with E-state index in [-0.39, 0.29) is 17.2 Å². The van der Waals surface area contributed by atoms with E-state index >= 15 is 0 Å². The molecular weight excluding hydrogens is 287 g/mol. The summed E-state index contributed by atoms with van der Waals surface area (Å²) in [5.74, 6) is -2.51. The van der Waals surface area contributed by atoms with E-state index in [4.69, 9.17) is 5.73 Å². The second kappa shape index (κ2) is 6.19. The summed E-state index contributed by atoms with van der Waals surface area (Å²) in [7, 11) is -1.59. The molecule has 2 nitrogen and oxygen atoms in total. The predicted molar refractivity (Wildman–Crippen MR) is 70.8 cm³/mol. The number of halogens is 3. The monoisotopic (exact) mass is 299 g/mol. The van der Waals surface area contributed by atoms with Crippen LogP contribution in [-0.4, -0.2) is 4.21 Å². The lowest BCUT2D eigenvalue weighted by Crippen LogP contribution is -2.02. The van der Waals surface area contributed by atoms with E-state index in [0.29, 0.717) is 11.1 Å². The van der Waals surface area contributed by atoms with Crippen molar-refractivity contribution in [1.29, 1.82) is 0 Å². The van der Waals surface area contributed by atoms with Crippen molar-refractivity contribution >= 4 is 10.8 Å². The van der Waals surface area contributed by atoms with Crippen molar-refractivity contribution in [3.05, 3.63) is 65.0 Å². The SMILES string of the molecule is NCc1cc(F)cc(CS(=O)c2ccc(F)c(F)c2)c1. The Morgan fingerprint density at radius 1 is 0.950 bits per heavy atom. The fourth-order valence-corrected chi connectivity index (χ4v) is 2.86. The van der Waals surface area contributed by atoms with Gasteiger partial charge < -0.3 is 5.73 Å². The maximum Gasteiger partial charge on any atom is 0.160 e. The first kappa shape index (κ1) is 14.7. The Labute approximate surface area is 116 Å². The lowest BCUT2D eigenvalue weighted by molar-refractivity contribution is 0.505. The standard InChI is InChI=1S/C14H12F3NOS/c15-11-4-9(7-18)3-10(5-11)8-20(19)12-1-2-13(16)14(17)6-12/h1-6H,7-8,18H2. The van der Waals surface area contributed by atoms with Crippen LogP contribution in [0.1, 0.15) is 11.1 Å². The van der Waals surface area contributed by atoms with Crippen LogP contribution in [0.3, 0.4) is 0 Å². The third kappa shape index (κ3) is 3.46. The zero-order chi connectivity index (χ0) is 14.7. The molecule has 6 heteroatoms. The van der Waals surface area contributed by atoms with Gasteiger partial charge in [-0.05, 0) is 41.5 Å². The van der Waals surface area contributed by atoms with Crippen LogP contribution in [0.15, 0.2) is 41.3 Å². The predicted octanol–water partition coefficient (Wildman–Crippen LogP) is 2.87. The molecule has 2 N–H and O–H groups in total. The third-order valence-electron chi connectivity index (χ3n) is 2.70. The number of nitrogens with two attached hydrogens (primary N) is 1. The number of rotatable bonds is 4. The van der Waals surface area contributed by atoms with Crippen LogP contribution in [0.2, 0.25) is 0 Å². The molecule has 0 saturated heterocycles. The normalized spacial score (nSPS) is 12.4. The molecule has 2 aromatic carbocycles. The Hall–Kier alpha value is -1.66. The Balaban J connectivity index is 2.23.